The summed E-state index contributed by atoms with van der Waals surface area (Å²) in [5, 5.41) is 7.76. The summed E-state index contributed by atoms with van der Waals surface area (Å²) in [6, 6.07) is 0. The highest BCUT2D eigenvalue weighted by molar-refractivity contribution is 5.87. The van der Waals surface area contributed by atoms with Crippen molar-refractivity contribution < 1.29 is 4.74 Å². The summed E-state index contributed by atoms with van der Waals surface area (Å²) in [5.74, 6) is 7.14. The van der Waals surface area contributed by atoms with Crippen molar-refractivity contribution in [1.29, 1.82) is 0 Å². The predicted octanol–water partition coefficient (Wildman–Crippen LogP) is 0.501. The average Bonchev–Trinajstić information content (AvgIpc) is 2.95. The van der Waals surface area contributed by atoms with Gasteiger partial charge in [-0.25, -0.2) is 5.84 Å². The van der Waals surface area contributed by atoms with E-state index in [-0.39, 0.29) is 0 Å². The van der Waals surface area contributed by atoms with Crippen molar-refractivity contribution >= 4 is 22.8 Å². The second kappa shape index (κ2) is 5.59. The summed E-state index contributed by atoms with van der Waals surface area (Å²) in [4.78, 5) is 10.8. The number of fused-ring (bicyclic) bond motifs is 1. The van der Waals surface area contributed by atoms with E-state index in [0.717, 1.165) is 37.4 Å². The zero-order valence-electron chi connectivity index (χ0n) is 11.5. The minimum Gasteiger partial charge on any atom is -0.381 e. The third-order valence-electron chi connectivity index (χ3n) is 3.57. The molecule has 1 unspecified atom stereocenters. The topological polar surface area (TPSA) is 105 Å². The van der Waals surface area contributed by atoms with Crippen molar-refractivity contribution in [2.75, 3.05) is 37.1 Å². The summed E-state index contributed by atoms with van der Waals surface area (Å²) < 4.78 is 5.53. The van der Waals surface area contributed by atoms with Crippen molar-refractivity contribution in [2.45, 2.75) is 12.8 Å². The first-order valence-corrected chi connectivity index (χ1v) is 6.74. The van der Waals surface area contributed by atoms with Crippen LogP contribution in [0.15, 0.2) is 6.20 Å². The van der Waals surface area contributed by atoms with E-state index in [1.165, 1.54) is 6.42 Å². The van der Waals surface area contributed by atoms with Crippen molar-refractivity contribution in [1.82, 2.24) is 20.2 Å². The Hall–Kier alpha value is -1.93. The number of nitrogens with two attached hydrogens (primary N) is 1. The van der Waals surface area contributed by atoms with Gasteiger partial charge in [-0.3, -0.25) is 10.5 Å². The lowest BCUT2D eigenvalue weighted by atomic mass is 10.0. The molecule has 1 atom stereocenters. The highest BCUT2D eigenvalue weighted by Crippen LogP contribution is 2.24. The van der Waals surface area contributed by atoms with E-state index in [0.29, 0.717) is 17.5 Å². The molecule has 8 nitrogen and oxygen atoms in total. The maximum absolute atomic E-state index is 5.53. The van der Waals surface area contributed by atoms with E-state index in [1.807, 2.05) is 7.05 Å². The molecule has 1 saturated heterocycles. The van der Waals surface area contributed by atoms with Gasteiger partial charge in [0.05, 0.1) is 18.2 Å². The minimum absolute atomic E-state index is 0.378. The molecule has 1 fully saturated rings. The Morgan fingerprint density at radius 2 is 2.45 bits per heavy atom. The average molecular weight is 277 g/mol. The number of nitrogens with one attached hydrogen (secondary N) is 2. The molecule has 0 aromatic carbocycles. The molecule has 0 amide bonds. The van der Waals surface area contributed by atoms with Gasteiger partial charge in [0.15, 0.2) is 5.65 Å². The predicted molar refractivity (Wildman–Crippen MR) is 76.3 cm³/mol. The van der Waals surface area contributed by atoms with Gasteiger partial charge in [-0.1, -0.05) is 0 Å². The normalized spacial score (nSPS) is 19.2. The molecule has 2 aromatic heterocycles. The first-order chi connectivity index (χ1) is 9.78. The number of hydrogen-bond donors (Lipinski definition) is 3. The lowest BCUT2D eigenvalue weighted by Crippen LogP contribution is -2.31. The monoisotopic (exact) mass is 277 g/mol. The van der Waals surface area contributed by atoms with Crippen LogP contribution < -0.4 is 16.2 Å². The van der Waals surface area contributed by atoms with Crippen molar-refractivity contribution in [3.63, 3.8) is 0 Å². The standard InChI is InChI=1S/C12H19N7O/c1-19(6-8-3-2-4-20-7-8)11-9-5-14-18-10(9)15-12(16-11)17-13/h5,8H,2-4,6-7,13H2,1H3,(H2,14,15,16,17,18). The fourth-order valence-corrected chi connectivity index (χ4v) is 2.60. The minimum atomic E-state index is 0.378. The Bertz CT molecular complexity index is 578. The van der Waals surface area contributed by atoms with Crippen molar-refractivity contribution in [3.8, 4) is 0 Å². The molecular weight excluding hydrogens is 258 g/mol. The van der Waals surface area contributed by atoms with Crippen LogP contribution in [0.25, 0.3) is 11.0 Å². The highest BCUT2D eigenvalue weighted by atomic mass is 16.5. The maximum atomic E-state index is 5.53. The van der Waals surface area contributed by atoms with Gasteiger partial charge < -0.3 is 9.64 Å². The smallest absolute Gasteiger partial charge is 0.241 e. The largest absolute Gasteiger partial charge is 0.381 e. The van der Waals surface area contributed by atoms with Crippen LogP contribution >= 0.6 is 0 Å². The molecule has 0 aliphatic carbocycles. The van der Waals surface area contributed by atoms with Crippen LogP contribution in [0.1, 0.15) is 12.8 Å². The van der Waals surface area contributed by atoms with Gasteiger partial charge >= 0.3 is 0 Å². The molecule has 20 heavy (non-hydrogen) atoms. The van der Waals surface area contributed by atoms with E-state index < -0.39 is 0 Å². The van der Waals surface area contributed by atoms with E-state index in [9.17, 15) is 0 Å². The third-order valence-corrected chi connectivity index (χ3v) is 3.57. The summed E-state index contributed by atoms with van der Waals surface area (Å²) in [6.45, 7) is 2.58. The SMILES string of the molecule is CN(CC1CCCOC1)c1nc(NN)nc2[nH]ncc12. The Morgan fingerprint density at radius 1 is 1.55 bits per heavy atom. The van der Waals surface area contributed by atoms with E-state index in [2.05, 4.69) is 30.5 Å². The molecule has 0 bridgehead atoms. The van der Waals surface area contributed by atoms with E-state index in [4.69, 9.17) is 10.6 Å². The first kappa shape index (κ1) is 13.1. The molecule has 4 N–H and O–H groups in total. The molecule has 2 aromatic rings. The number of nitrogen functional groups attached to an aromatic ring is 1. The zero-order chi connectivity index (χ0) is 13.9. The fourth-order valence-electron chi connectivity index (χ4n) is 2.60. The summed E-state index contributed by atoms with van der Waals surface area (Å²) >= 11 is 0. The summed E-state index contributed by atoms with van der Waals surface area (Å²) in [7, 11) is 2.02. The molecule has 0 saturated carbocycles. The molecule has 8 heteroatoms. The number of rotatable bonds is 4. The van der Waals surface area contributed by atoms with Crippen LogP contribution in [-0.2, 0) is 4.74 Å². The fraction of sp³-hybridized carbons (Fsp3) is 0.583. The Balaban J connectivity index is 1.85. The van der Waals surface area contributed by atoms with Crippen LogP contribution in [0, 0.1) is 5.92 Å². The Labute approximate surface area is 116 Å². The zero-order valence-corrected chi connectivity index (χ0v) is 11.5. The molecule has 3 rings (SSSR count). The molecular formula is C12H19N7O. The van der Waals surface area contributed by atoms with Crippen LogP contribution in [0.5, 0.6) is 0 Å². The van der Waals surface area contributed by atoms with Crippen LogP contribution in [0.2, 0.25) is 0 Å². The number of nitrogens with zero attached hydrogens (tertiary/aromatic N) is 4. The maximum Gasteiger partial charge on any atom is 0.241 e. The summed E-state index contributed by atoms with van der Waals surface area (Å²) in [6.07, 6.45) is 4.05. The van der Waals surface area contributed by atoms with Gasteiger partial charge in [-0.15, -0.1) is 0 Å². The molecule has 1 aliphatic rings. The number of anilines is 2. The van der Waals surface area contributed by atoms with Gasteiger partial charge in [-0.2, -0.15) is 15.1 Å². The summed E-state index contributed by atoms with van der Waals surface area (Å²) in [5.41, 5.74) is 3.16. The Kier molecular flexibility index (Phi) is 3.66. The van der Waals surface area contributed by atoms with Gasteiger partial charge in [0, 0.05) is 20.2 Å². The van der Waals surface area contributed by atoms with Gasteiger partial charge in [-0.05, 0) is 18.8 Å². The van der Waals surface area contributed by atoms with Crippen LogP contribution in [0.3, 0.4) is 0 Å². The Morgan fingerprint density at radius 3 is 3.20 bits per heavy atom. The quantitative estimate of drug-likeness (QED) is 0.552. The van der Waals surface area contributed by atoms with E-state index in [1.54, 1.807) is 6.20 Å². The first-order valence-electron chi connectivity index (χ1n) is 6.74. The lowest BCUT2D eigenvalue weighted by Gasteiger charge is -2.28. The number of aromatic amines is 1. The van der Waals surface area contributed by atoms with Crippen LogP contribution in [0.4, 0.5) is 11.8 Å². The third kappa shape index (κ3) is 2.52. The number of ether oxygens (including phenoxy) is 1. The lowest BCUT2D eigenvalue weighted by molar-refractivity contribution is 0.0576. The number of aromatic nitrogens is 4. The molecule has 108 valence electrons. The number of hydrogen-bond acceptors (Lipinski definition) is 7. The molecule has 1 aliphatic heterocycles. The van der Waals surface area contributed by atoms with Gasteiger partial charge in [0.25, 0.3) is 0 Å². The van der Waals surface area contributed by atoms with Gasteiger partial charge in [0.1, 0.15) is 5.82 Å². The van der Waals surface area contributed by atoms with Gasteiger partial charge in [0.2, 0.25) is 5.95 Å². The second-order valence-corrected chi connectivity index (χ2v) is 5.11. The number of hydrazine groups is 1. The van der Waals surface area contributed by atoms with Crippen molar-refractivity contribution in [3.05, 3.63) is 6.20 Å². The van der Waals surface area contributed by atoms with Crippen molar-refractivity contribution in [2.24, 2.45) is 11.8 Å². The molecule has 0 spiro atoms. The highest BCUT2D eigenvalue weighted by Gasteiger charge is 2.19. The van der Waals surface area contributed by atoms with E-state index >= 15 is 0 Å². The molecule has 0 radical (unpaired) electrons. The molecule has 3 heterocycles. The second-order valence-electron chi connectivity index (χ2n) is 5.11. The van der Waals surface area contributed by atoms with Crippen LogP contribution in [-0.4, -0.2) is 47.0 Å². The number of H-pyrrole nitrogens is 1.